The summed E-state index contributed by atoms with van der Waals surface area (Å²) in [6, 6.07) is 5.69. The van der Waals surface area contributed by atoms with Gasteiger partial charge in [-0.25, -0.2) is 22.5 Å². The highest BCUT2D eigenvalue weighted by Gasteiger charge is 2.26. The van der Waals surface area contributed by atoms with Gasteiger partial charge in [0, 0.05) is 12.7 Å². The maximum atomic E-state index is 13.0. The van der Waals surface area contributed by atoms with Crippen LogP contribution in [0.1, 0.15) is 22.3 Å². The maximum Gasteiger partial charge on any atom is 0.276 e. The van der Waals surface area contributed by atoms with Gasteiger partial charge in [0.2, 0.25) is 10.0 Å². The van der Waals surface area contributed by atoms with Crippen LogP contribution in [0.3, 0.4) is 0 Å². The fourth-order valence-corrected chi connectivity index (χ4v) is 3.83. The summed E-state index contributed by atoms with van der Waals surface area (Å²) in [6.07, 6.45) is 0. The Morgan fingerprint density at radius 3 is 2.58 bits per heavy atom. The van der Waals surface area contributed by atoms with Crippen molar-refractivity contribution in [3.8, 4) is 10.6 Å². The Morgan fingerprint density at radius 2 is 2.00 bits per heavy atom. The van der Waals surface area contributed by atoms with Crippen molar-refractivity contribution in [1.82, 2.24) is 9.71 Å². The molecule has 1 N–H and O–H groups in total. The first kappa shape index (κ1) is 18.5. The number of rotatable bonds is 6. The zero-order valence-electron chi connectivity index (χ0n) is 13.4. The van der Waals surface area contributed by atoms with Gasteiger partial charge >= 0.3 is 0 Å². The van der Waals surface area contributed by atoms with Crippen molar-refractivity contribution in [2.45, 2.75) is 19.1 Å². The molecule has 0 fully saturated rings. The van der Waals surface area contributed by atoms with Crippen LogP contribution < -0.4 is 4.72 Å². The van der Waals surface area contributed by atoms with Gasteiger partial charge in [-0.3, -0.25) is 4.79 Å². The number of methoxy groups -OCH3 is 1. The number of hydrogen-bond donors (Lipinski definition) is 1. The van der Waals surface area contributed by atoms with Crippen molar-refractivity contribution >= 4 is 27.3 Å². The average Bonchev–Trinajstić information content (AvgIpc) is 2.90. The topological polar surface area (TPSA) is 85.4 Å². The van der Waals surface area contributed by atoms with Gasteiger partial charge in [-0.1, -0.05) is 0 Å². The predicted octanol–water partition coefficient (Wildman–Crippen LogP) is 2.35. The lowest BCUT2D eigenvalue weighted by Gasteiger charge is -2.12. The molecule has 1 aromatic carbocycles. The van der Waals surface area contributed by atoms with Gasteiger partial charge in [-0.2, -0.15) is 0 Å². The third-order valence-electron chi connectivity index (χ3n) is 3.26. The first-order valence-electron chi connectivity index (χ1n) is 7.03. The summed E-state index contributed by atoms with van der Waals surface area (Å²) < 4.78 is 43.9. The van der Waals surface area contributed by atoms with Gasteiger partial charge in [0.15, 0.2) is 0 Å². The van der Waals surface area contributed by atoms with Crippen molar-refractivity contribution in [3.05, 3.63) is 40.7 Å². The summed E-state index contributed by atoms with van der Waals surface area (Å²) in [4.78, 5) is 16.7. The monoisotopic (exact) mass is 372 g/mol. The molecule has 2 aromatic rings. The molecule has 0 saturated heterocycles. The number of carbonyl (C=O) groups is 1. The molecule has 0 unspecified atom stereocenters. The normalized spacial score (nSPS) is 12.8. The van der Waals surface area contributed by atoms with Gasteiger partial charge in [0.1, 0.15) is 21.0 Å². The van der Waals surface area contributed by atoms with Gasteiger partial charge in [0.05, 0.1) is 12.3 Å². The second kappa shape index (κ2) is 7.37. The summed E-state index contributed by atoms with van der Waals surface area (Å²) in [6.45, 7) is 3.04. The van der Waals surface area contributed by atoms with E-state index in [1.807, 2.05) is 4.72 Å². The second-order valence-electron chi connectivity index (χ2n) is 5.18. The third-order valence-corrected chi connectivity index (χ3v) is 6.13. The van der Waals surface area contributed by atoms with E-state index in [1.54, 1.807) is 19.1 Å². The smallest absolute Gasteiger partial charge is 0.276 e. The summed E-state index contributed by atoms with van der Waals surface area (Å²) >= 11 is 1.05. The van der Waals surface area contributed by atoms with Crippen LogP contribution >= 0.6 is 11.3 Å². The lowest BCUT2D eigenvalue weighted by molar-refractivity contribution is 0.0983. The Balaban J connectivity index is 2.23. The van der Waals surface area contributed by atoms with Gasteiger partial charge in [0.25, 0.3) is 5.91 Å². The first-order chi connectivity index (χ1) is 11.2. The van der Waals surface area contributed by atoms with Crippen LogP contribution in [0, 0.1) is 12.7 Å². The van der Waals surface area contributed by atoms with Crippen LogP contribution in [0.15, 0.2) is 24.3 Å². The molecule has 1 amide bonds. The molecule has 1 aromatic heterocycles. The van der Waals surface area contributed by atoms with Crippen molar-refractivity contribution < 1.29 is 22.3 Å². The molecule has 0 aliphatic carbocycles. The molecule has 9 heteroatoms. The van der Waals surface area contributed by atoms with E-state index in [2.05, 4.69) is 4.98 Å². The number of amides is 1. The molecule has 0 aliphatic heterocycles. The number of aromatic nitrogens is 1. The van der Waals surface area contributed by atoms with Crippen LogP contribution in [0.25, 0.3) is 10.6 Å². The maximum absolute atomic E-state index is 13.0. The van der Waals surface area contributed by atoms with Crippen molar-refractivity contribution in [1.29, 1.82) is 0 Å². The van der Waals surface area contributed by atoms with Crippen LogP contribution in [-0.2, 0) is 14.8 Å². The minimum atomic E-state index is -3.84. The highest BCUT2D eigenvalue weighted by atomic mass is 32.2. The largest absolute Gasteiger partial charge is 0.383 e. The number of sulfonamides is 1. The molecule has 0 saturated carbocycles. The Morgan fingerprint density at radius 1 is 1.38 bits per heavy atom. The van der Waals surface area contributed by atoms with Crippen LogP contribution in [0.5, 0.6) is 0 Å². The number of ether oxygens (including phenoxy) is 1. The van der Waals surface area contributed by atoms with Crippen LogP contribution in [0.4, 0.5) is 4.39 Å². The number of carbonyl (C=O) groups excluding carboxylic acids is 1. The zero-order chi connectivity index (χ0) is 17.9. The zero-order valence-corrected chi connectivity index (χ0v) is 15.0. The molecule has 6 nitrogen and oxygen atoms in total. The van der Waals surface area contributed by atoms with Crippen molar-refractivity contribution in [3.63, 3.8) is 0 Å². The lowest BCUT2D eigenvalue weighted by atomic mass is 10.2. The molecule has 1 heterocycles. The SMILES string of the molecule is COC[C@H](C)S(=O)(=O)NC(=O)c1sc(-c2ccc(F)cc2)nc1C. The Labute approximate surface area is 143 Å². The number of aryl methyl sites for hydroxylation is 1. The Kier molecular flexibility index (Phi) is 5.68. The predicted molar refractivity (Wildman–Crippen MR) is 90.0 cm³/mol. The summed E-state index contributed by atoms with van der Waals surface area (Å²) in [5.74, 6) is -1.11. The van der Waals surface area contributed by atoms with E-state index in [0.29, 0.717) is 16.3 Å². The van der Waals surface area contributed by atoms with Gasteiger partial charge < -0.3 is 4.74 Å². The molecule has 130 valence electrons. The van der Waals surface area contributed by atoms with Crippen molar-refractivity contribution in [2.75, 3.05) is 13.7 Å². The standard InChI is InChI=1S/C15H17FN2O4S2/c1-9(8-22-3)24(20,21)18-14(19)13-10(2)17-15(23-13)11-4-6-12(16)7-5-11/h4-7,9H,8H2,1-3H3,(H,18,19)/t9-/m0/s1. The minimum absolute atomic E-state index is 0.0227. The number of halogens is 1. The number of benzene rings is 1. The highest BCUT2D eigenvalue weighted by molar-refractivity contribution is 7.90. The molecular weight excluding hydrogens is 355 g/mol. The first-order valence-corrected chi connectivity index (χ1v) is 9.39. The van der Waals surface area contributed by atoms with E-state index in [0.717, 1.165) is 11.3 Å². The fraction of sp³-hybridized carbons (Fsp3) is 0.333. The quantitative estimate of drug-likeness (QED) is 0.841. The van der Waals surface area contributed by atoms with E-state index in [1.165, 1.54) is 26.2 Å². The number of thiazole rings is 1. The Bertz CT molecular complexity index is 832. The molecule has 2 rings (SSSR count). The summed E-state index contributed by atoms with van der Waals surface area (Å²) in [7, 11) is -2.46. The van der Waals surface area contributed by atoms with E-state index >= 15 is 0 Å². The minimum Gasteiger partial charge on any atom is -0.383 e. The van der Waals surface area contributed by atoms with Gasteiger partial charge in [-0.05, 0) is 38.1 Å². The fourth-order valence-electron chi connectivity index (χ4n) is 1.92. The lowest BCUT2D eigenvalue weighted by Crippen LogP contribution is -2.38. The molecule has 0 radical (unpaired) electrons. The van der Waals surface area contributed by atoms with E-state index in [4.69, 9.17) is 4.74 Å². The molecular formula is C15H17FN2O4S2. The molecule has 1 atom stereocenters. The summed E-state index contributed by atoms with van der Waals surface area (Å²) in [5, 5.41) is -0.351. The second-order valence-corrected chi connectivity index (χ2v) is 8.28. The molecule has 0 bridgehead atoms. The number of nitrogens with zero attached hydrogens (tertiary/aromatic N) is 1. The summed E-state index contributed by atoms with van der Waals surface area (Å²) in [5.41, 5.74) is 1.06. The van der Waals surface area contributed by atoms with E-state index in [9.17, 15) is 17.6 Å². The van der Waals surface area contributed by atoms with Crippen LogP contribution in [-0.4, -0.2) is 38.3 Å². The average molecular weight is 372 g/mol. The van der Waals surface area contributed by atoms with E-state index < -0.39 is 21.2 Å². The van der Waals surface area contributed by atoms with Crippen LogP contribution in [0.2, 0.25) is 0 Å². The molecule has 24 heavy (non-hydrogen) atoms. The van der Waals surface area contributed by atoms with Crippen molar-refractivity contribution in [2.24, 2.45) is 0 Å². The highest BCUT2D eigenvalue weighted by Crippen LogP contribution is 2.28. The number of nitrogens with one attached hydrogen (secondary N) is 1. The van der Waals surface area contributed by atoms with Gasteiger partial charge in [-0.15, -0.1) is 11.3 Å². The Hall–Kier alpha value is -1.84. The molecule has 0 spiro atoms. The molecule has 0 aliphatic rings. The van der Waals surface area contributed by atoms with E-state index in [-0.39, 0.29) is 17.3 Å². The number of hydrogen-bond acceptors (Lipinski definition) is 6. The third kappa shape index (κ3) is 4.16.